The van der Waals surface area contributed by atoms with E-state index in [9.17, 15) is 9.59 Å². The molecular formula is C20H29N3O3. The quantitative estimate of drug-likeness (QED) is 0.805. The highest BCUT2D eigenvalue weighted by Crippen LogP contribution is 2.40. The van der Waals surface area contributed by atoms with Crippen LogP contribution in [0, 0.1) is 5.41 Å². The molecule has 2 saturated heterocycles. The summed E-state index contributed by atoms with van der Waals surface area (Å²) in [6, 6.07) is 4.01. The number of hydrogen-bond donors (Lipinski definition) is 0. The van der Waals surface area contributed by atoms with Gasteiger partial charge in [-0.1, -0.05) is 0 Å². The molecule has 0 saturated carbocycles. The summed E-state index contributed by atoms with van der Waals surface area (Å²) in [7, 11) is 1.57. The van der Waals surface area contributed by atoms with Crippen molar-refractivity contribution >= 4 is 11.8 Å². The minimum absolute atomic E-state index is 0.0729. The molecule has 2 aliphatic heterocycles. The summed E-state index contributed by atoms with van der Waals surface area (Å²) < 4.78 is 5.16. The largest absolute Gasteiger partial charge is 0.372 e. The van der Waals surface area contributed by atoms with Crippen molar-refractivity contribution in [1.82, 2.24) is 14.8 Å². The molecule has 1 aromatic heterocycles. The van der Waals surface area contributed by atoms with E-state index < -0.39 is 0 Å². The maximum absolute atomic E-state index is 12.4. The standard InChI is InChI=1S/C20H29N3O3/c1-16(26-2)19(25)22-13-8-20(9-14-22)7-3-18(24)23(15-20)12-6-17-4-10-21-11-5-17/h4-5,10-11,16H,3,6-9,12-15H2,1-2H3/t16-/m0/s1. The molecule has 3 rings (SSSR count). The lowest BCUT2D eigenvalue weighted by Crippen LogP contribution is -2.53. The number of nitrogens with zero attached hydrogens (tertiary/aromatic N) is 3. The van der Waals surface area contributed by atoms with Gasteiger partial charge in [-0.3, -0.25) is 14.6 Å². The molecule has 6 heteroatoms. The van der Waals surface area contributed by atoms with Crippen molar-refractivity contribution in [3.8, 4) is 0 Å². The molecule has 2 fully saturated rings. The van der Waals surface area contributed by atoms with Crippen LogP contribution in [0.3, 0.4) is 0 Å². The number of carbonyl (C=O) groups is 2. The van der Waals surface area contributed by atoms with E-state index >= 15 is 0 Å². The van der Waals surface area contributed by atoms with Crippen LogP contribution in [0.1, 0.15) is 38.2 Å². The fraction of sp³-hybridized carbons (Fsp3) is 0.650. The van der Waals surface area contributed by atoms with Gasteiger partial charge in [0.05, 0.1) is 0 Å². The Morgan fingerprint density at radius 1 is 1.27 bits per heavy atom. The van der Waals surface area contributed by atoms with Crippen molar-refractivity contribution in [3.63, 3.8) is 0 Å². The third-order valence-electron chi connectivity index (χ3n) is 6.01. The highest BCUT2D eigenvalue weighted by atomic mass is 16.5. The molecular weight excluding hydrogens is 330 g/mol. The Labute approximate surface area is 155 Å². The van der Waals surface area contributed by atoms with Crippen LogP contribution >= 0.6 is 0 Å². The number of likely N-dealkylation sites (tertiary alicyclic amines) is 2. The summed E-state index contributed by atoms with van der Waals surface area (Å²) in [6.45, 7) is 4.90. The van der Waals surface area contributed by atoms with Crippen molar-refractivity contribution in [2.45, 2.75) is 45.1 Å². The summed E-state index contributed by atoms with van der Waals surface area (Å²) in [6.07, 6.45) is 7.57. The van der Waals surface area contributed by atoms with Gasteiger partial charge in [0.1, 0.15) is 6.10 Å². The molecule has 0 aliphatic carbocycles. The van der Waals surface area contributed by atoms with Crippen molar-refractivity contribution < 1.29 is 14.3 Å². The monoisotopic (exact) mass is 359 g/mol. The van der Waals surface area contributed by atoms with Crippen LogP contribution in [0.2, 0.25) is 0 Å². The van der Waals surface area contributed by atoms with E-state index in [1.54, 1.807) is 26.4 Å². The van der Waals surface area contributed by atoms with Gasteiger partial charge in [0, 0.05) is 52.1 Å². The van der Waals surface area contributed by atoms with Gasteiger partial charge in [0.15, 0.2) is 0 Å². The van der Waals surface area contributed by atoms with E-state index in [-0.39, 0.29) is 23.3 Å². The number of hydrogen-bond acceptors (Lipinski definition) is 4. The van der Waals surface area contributed by atoms with Crippen LogP contribution in [-0.2, 0) is 20.7 Å². The Kier molecular flexibility index (Phi) is 5.91. The van der Waals surface area contributed by atoms with Crippen molar-refractivity contribution in [1.29, 1.82) is 0 Å². The second-order valence-corrected chi connectivity index (χ2v) is 7.62. The molecule has 0 bridgehead atoms. The SMILES string of the molecule is CO[C@@H](C)C(=O)N1CCC2(CCC(=O)N(CCc3ccncc3)C2)CC1. The maximum atomic E-state index is 12.4. The number of piperidine rings is 2. The number of pyridine rings is 1. The van der Waals surface area contributed by atoms with Crippen LogP contribution in [0.4, 0.5) is 0 Å². The molecule has 1 atom stereocenters. The number of carbonyl (C=O) groups excluding carboxylic acids is 2. The van der Waals surface area contributed by atoms with Gasteiger partial charge in [-0.2, -0.15) is 0 Å². The summed E-state index contributed by atoms with van der Waals surface area (Å²) in [5, 5.41) is 0. The van der Waals surface area contributed by atoms with E-state index in [2.05, 4.69) is 4.98 Å². The summed E-state index contributed by atoms with van der Waals surface area (Å²) in [5.41, 5.74) is 1.38. The average Bonchev–Trinajstić information content (AvgIpc) is 2.69. The maximum Gasteiger partial charge on any atom is 0.251 e. The number of methoxy groups -OCH3 is 1. The predicted octanol–water partition coefficient (Wildman–Crippen LogP) is 1.89. The summed E-state index contributed by atoms with van der Waals surface area (Å²) in [5.74, 6) is 0.333. The fourth-order valence-corrected chi connectivity index (χ4v) is 4.09. The first kappa shape index (κ1) is 18.8. The first-order chi connectivity index (χ1) is 12.5. The number of amides is 2. The van der Waals surface area contributed by atoms with E-state index in [4.69, 9.17) is 4.74 Å². The summed E-state index contributed by atoms with van der Waals surface area (Å²) >= 11 is 0. The minimum atomic E-state index is -0.381. The highest BCUT2D eigenvalue weighted by molar-refractivity contribution is 5.80. The smallest absolute Gasteiger partial charge is 0.251 e. The first-order valence-corrected chi connectivity index (χ1v) is 9.51. The molecule has 6 nitrogen and oxygen atoms in total. The van der Waals surface area contributed by atoms with Crippen molar-refractivity contribution in [2.75, 3.05) is 33.3 Å². The predicted molar refractivity (Wildman–Crippen MR) is 98.5 cm³/mol. The topological polar surface area (TPSA) is 62.7 Å². The second-order valence-electron chi connectivity index (χ2n) is 7.62. The first-order valence-electron chi connectivity index (χ1n) is 9.51. The highest BCUT2D eigenvalue weighted by Gasteiger charge is 2.41. The Balaban J connectivity index is 1.56. The molecule has 1 spiro atoms. The van der Waals surface area contributed by atoms with Crippen molar-refractivity contribution in [3.05, 3.63) is 30.1 Å². The van der Waals surface area contributed by atoms with Gasteiger partial charge in [-0.15, -0.1) is 0 Å². The summed E-state index contributed by atoms with van der Waals surface area (Å²) in [4.78, 5) is 32.7. The zero-order valence-corrected chi connectivity index (χ0v) is 15.8. The Bertz CT molecular complexity index is 626. The Hall–Kier alpha value is -1.95. The van der Waals surface area contributed by atoms with Crippen LogP contribution in [-0.4, -0.2) is 66.0 Å². The van der Waals surface area contributed by atoms with E-state index in [1.165, 1.54) is 5.56 Å². The molecule has 1 aromatic rings. The van der Waals surface area contributed by atoms with Crippen molar-refractivity contribution in [2.24, 2.45) is 5.41 Å². The molecule has 0 radical (unpaired) electrons. The van der Waals surface area contributed by atoms with Gasteiger partial charge in [-0.25, -0.2) is 0 Å². The molecule has 2 amide bonds. The number of aromatic nitrogens is 1. The van der Waals surface area contributed by atoms with Crippen LogP contribution in [0.25, 0.3) is 0 Å². The van der Waals surface area contributed by atoms with Gasteiger partial charge in [0.25, 0.3) is 5.91 Å². The molecule has 142 valence electrons. The fourth-order valence-electron chi connectivity index (χ4n) is 4.09. The van der Waals surface area contributed by atoms with E-state index in [0.29, 0.717) is 6.42 Å². The lowest BCUT2D eigenvalue weighted by atomic mass is 9.72. The van der Waals surface area contributed by atoms with Gasteiger partial charge in [-0.05, 0) is 55.7 Å². The molecule has 2 aliphatic rings. The number of ether oxygens (including phenoxy) is 1. The molecule has 3 heterocycles. The van der Waals surface area contributed by atoms with Crippen LogP contribution < -0.4 is 0 Å². The normalized spacial score (nSPS) is 21.1. The minimum Gasteiger partial charge on any atom is -0.372 e. The zero-order chi connectivity index (χ0) is 18.6. The van der Waals surface area contributed by atoms with E-state index in [1.807, 2.05) is 21.9 Å². The van der Waals surface area contributed by atoms with Gasteiger partial charge < -0.3 is 14.5 Å². The van der Waals surface area contributed by atoms with E-state index in [0.717, 1.165) is 51.9 Å². The molecule has 26 heavy (non-hydrogen) atoms. The Morgan fingerprint density at radius 3 is 2.62 bits per heavy atom. The molecule has 0 aromatic carbocycles. The van der Waals surface area contributed by atoms with Crippen LogP contribution in [0.15, 0.2) is 24.5 Å². The van der Waals surface area contributed by atoms with Gasteiger partial charge in [0.2, 0.25) is 5.91 Å². The Morgan fingerprint density at radius 2 is 1.96 bits per heavy atom. The molecule has 0 unspecified atom stereocenters. The lowest BCUT2D eigenvalue weighted by molar-refractivity contribution is -0.147. The lowest BCUT2D eigenvalue weighted by Gasteiger charge is -2.47. The molecule has 0 N–H and O–H groups in total. The third kappa shape index (κ3) is 4.23. The van der Waals surface area contributed by atoms with Crippen LogP contribution in [0.5, 0.6) is 0 Å². The van der Waals surface area contributed by atoms with Gasteiger partial charge >= 0.3 is 0 Å². The second kappa shape index (κ2) is 8.16. The average molecular weight is 359 g/mol. The zero-order valence-electron chi connectivity index (χ0n) is 15.8. The number of rotatable bonds is 5. The third-order valence-corrected chi connectivity index (χ3v) is 6.01.